The van der Waals surface area contributed by atoms with Crippen molar-refractivity contribution >= 4 is 23.2 Å². The third-order valence-corrected chi connectivity index (χ3v) is 3.91. The van der Waals surface area contributed by atoms with Crippen molar-refractivity contribution in [1.82, 2.24) is 9.99 Å². The van der Waals surface area contributed by atoms with Gasteiger partial charge in [-0.3, -0.25) is 9.59 Å². The summed E-state index contributed by atoms with van der Waals surface area (Å²) in [5.74, 6) is -2.20. The standard InChI is InChI=1S/C19H18F2N4O3/c1-11(2)25-18(26)8-5-15(24-25)19(27)23-13-4-7-17(22-10-13)28-16-6-3-12(20)9-14(16)21/h3-4,6-7,9-11H,5,8H2,1-2H3,(H,23,27). The molecule has 0 fully saturated rings. The van der Waals surface area contributed by atoms with Gasteiger partial charge in [-0.15, -0.1) is 0 Å². The molecular weight excluding hydrogens is 370 g/mol. The molecule has 9 heteroatoms. The van der Waals surface area contributed by atoms with Crippen LogP contribution in [0, 0.1) is 11.6 Å². The number of amides is 2. The zero-order chi connectivity index (χ0) is 20.3. The Kier molecular flexibility index (Phi) is 5.62. The minimum absolute atomic E-state index is 0.0788. The first kappa shape index (κ1) is 19.4. The summed E-state index contributed by atoms with van der Waals surface area (Å²) >= 11 is 0. The first-order chi connectivity index (χ1) is 13.3. The Morgan fingerprint density at radius 2 is 2.00 bits per heavy atom. The van der Waals surface area contributed by atoms with Crippen LogP contribution in [0.3, 0.4) is 0 Å². The quantitative estimate of drug-likeness (QED) is 0.850. The van der Waals surface area contributed by atoms with Crippen LogP contribution >= 0.6 is 0 Å². The first-order valence-electron chi connectivity index (χ1n) is 8.63. The maximum Gasteiger partial charge on any atom is 0.271 e. The molecule has 0 spiro atoms. The van der Waals surface area contributed by atoms with E-state index in [4.69, 9.17) is 4.74 Å². The molecule has 1 aromatic carbocycles. The summed E-state index contributed by atoms with van der Waals surface area (Å²) in [5, 5.41) is 8.06. The predicted molar refractivity (Wildman–Crippen MR) is 97.9 cm³/mol. The van der Waals surface area contributed by atoms with E-state index in [1.807, 2.05) is 13.8 Å². The number of hydrazone groups is 1. The second-order valence-corrected chi connectivity index (χ2v) is 6.39. The van der Waals surface area contributed by atoms with Gasteiger partial charge in [0.15, 0.2) is 11.6 Å². The van der Waals surface area contributed by atoms with E-state index in [0.29, 0.717) is 11.8 Å². The topological polar surface area (TPSA) is 83.9 Å². The molecule has 28 heavy (non-hydrogen) atoms. The van der Waals surface area contributed by atoms with Gasteiger partial charge in [0, 0.05) is 31.0 Å². The molecule has 0 aliphatic carbocycles. The molecule has 2 aromatic rings. The monoisotopic (exact) mass is 388 g/mol. The lowest BCUT2D eigenvalue weighted by molar-refractivity contribution is -0.133. The van der Waals surface area contributed by atoms with Crippen molar-refractivity contribution in [1.29, 1.82) is 0 Å². The van der Waals surface area contributed by atoms with Crippen LogP contribution in [-0.4, -0.2) is 33.6 Å². The Morgan fingerprint density at radius 1 is 1.21 bits per heavy atom. The van der Waals surface area contributed by atoms with Crippen molar-refractivity contribution in [3.63, 3.8) is 0 Å². The fraction of sp³-hybridized carbons (Fsp3) is 0.263. The molecule has 1 N–H and O–H groups in total. The molecule has 0 unspecified atom stereocenters. The van der Waals surface area contributed by atoms with Crippen molar-refractivity contribution in [2.75, 3.05) is 5.32 Å². The number of hydrogen-bond acceptors (Lipinski definition) is 5. The summed E-state index contributed by atoms with van der Waals surface area (Å²) in [4.78, 5) is 28.2. The fourth-order valence-electron chi connectivity index (χ4n) is 2.53. The molecule has 1 aromatic heterocycles. The van der Waals surface area contributed by atoms with Crippen LogP contribution in [0.1, 0.15) is 26.7 Å². The van der Waals surface area contributed by atoms with Gasteiger partial charge in [-0.1, -0.05) is 0 Å². The Hall–Kier alpha value is -3.36. The lowest BCUT2D eigenvalue weighted by atomic mass is 10.1. The summed E-state index contributed by atoms with van der Waals surface area (Å²) in [6.07, 6.45) is 1.81. The van der Waals surface area contributed by atoms with Crippen molar-refractivity contribution in [3.8, 4) is 11.6 Å². The molecule has 1 aliphatic heterocycles. The van der Waals surface area contributed by atoms with Gasteiger partial charge in [0.05, 0.1) is 11.9 Å². The molecular formula is C19H18F2N4O3. The van der Waals surface area contributed by atoms with Gasteiger partial charge in [0.25, 0.3) is 5.91 Å². The molecule has 2 amide bonds. The second kappa shape index (κ2) is 8.12. The maximum absolute atomic E-state index is 13.6. The number of halogens is 2. The van der Waals surface area contributed by atoms with Crippen LogP contribution in [0.25, 0.3) is 0 Å². The highest BCUT2D eigenvalue weighted by Gasteiger charge is 2.26. The normalized spacial score (nSPS) is 14.1. The molecule has 0 saturated heterocycles. The molecule has 0 atom stereocenters. The SMILES string of the molecule is CC(C)N1N=C(C(=O)Nc2ccc(Oc3ccc(F)cc3F)nc2)CCC1=O. The Morgan fingerprint density at radius 3 is 2.64 bits per heavy atom. The number of aromatic nitrogens is 1. The van der Waals surface area contributed by atoms with E-state index in [1.54, 1.807) is 0 Å². The van der Waals surface area contributed by atoms with Gasteiger partial charge in [-0.25, -0.2) is 18.8 Å². The molecule has 2 heterocycles. The number of ether oxygens (including phenoxy) is 1. The molecule has 0 radical (unpaired) electrons. The zero-order valence-corrected chi connectivity index (χ0v) is 15.3. The van der Waals surface area contributed by atoms with Crippen molar-refractivity contribution in [2.45, 2.75) is 32.7 Å². The molecule has 146 valence electrons. The highest BCUT2D eigenvalue weighted by Crippen LogP contribution is 2.24. The van der Waals surface area contributed by atoms with Gasteiger partial charge >= 0.3 is 0 Å². The van der Waals surface area contributed by atoms with Crippen molar-refractivity contribution in [2.24, 2.45) is 5.10 Å². The minimum Gasteiger partial charge on any atom is -0.436 e. The number of hydrogen-bond donors (Lipinski definition) is 1. The summed E-state index contributed by atoms with van der Waals surface area (Å²) < 4.78 is 31.8. The van der Waals surface area contributed by atoms with E-state index in [9.17, 15) is 18.4 Å². The lowest BCUT2D eigenvalue weighted by Gasteiger charge is -2.26. The Balaban J connectivity index is 1.66. The number of pyridine rings is 1. The van der Waals surface area contributed by atoms with Crippen LogP contribution in [0.4, 0.5) is 14.5 Å². The molecule has 3 rings (SSSR count). The van der Waals surface area contributed by atoms with E-state index in [1.165, 1.54) is 23.3 Å². The molecule has 7 nitrogen and oxygen atoms in total. The first-order valence-corrected chi connectivity index (χ1v) is 8.63. The minimum atomic E-state index is -0.848. The third-order valence-electron chi connectivity index (χ3n) is 3.91. The summed E-state index contributed by atoms with van der Waals surface area (Å²) in [6, 6.07) is 5.76. The lowest BCUT2D eigenvalue weighted by Crippen LogP contribution is -2.39. The third kappa shape index (κ3) is 4.48. The fourth-order valence-corrected chi connectivity index (χ4v) is 2.53. The number of nitrogens with zero attached hydrogens (tertiary/aromatic N) is 3. The van der Waals surface area contributed by atoms with E-state index in [-0.39, 0.29) is 42.1 Å². The summed E-state index contributed by atoms with van der Waals surface area (Å²) in [7, 11) is 0. The van der Waals surface area contributed by atoms with Crippen LogP contribution in [-0.2, 0) is 9.59 Å². The summed E-state index contributed by atoms with van der Waals surface area (Å²) in [6.45, 7) is 3.63. The second-order valence-electron chi connectivity index (χ2n) is 6.39. The van der Waals surface area contributed by atoms with Crippen LogP contribution in [0.5, 0.6) is 11.6 Å². The van der Waals surface area contributed by atoms with Gasteiger partial charge in [-0.2, -0.15) is 5.10 Å². The zero-order valence-electron chi connectivity index (χ0n) is 15.3. The van der Waals surface area contributed by atoms with E-state index < -0.39 is 17.5 Å². The van der Waals surface area contributed by atoms with E-state index in [0.717, 1.165) is 12.1 Å². The van der Waals surface area contributed by atoms with Crippen LogP contribution < -0.4 is 10.1 Å². The van der Waals surface area contributed by atoms with Gasteiger partial charge in [0.1, 0.15) is 11.5 Å². The Bertz CT molecular complexity index is 929. The number of benzene rings is 1. The van der Waals surface area contributed by atoms with Gasteiger partial charge in [0.2, 0.25) is 11.8 Å². The van der Waals surface area contributed by atoms with E-state index >= 15 is 0 Å². The maximum atomic E-state index is 13.6. The van der Waals surface area contributed by atoms with Gasteiger partial charge < -0.3 is 10.1 Å². The average molecular weight is 388 g/mol. The number of nitrogens with one attached hydrogen (secondary N) is 1. The number of carbonyl (C=O) groups is 2. The predicted octanol–water partition coefficient (Wildman–Crippen LogP) is 3.48. The molecule has 1 aliphatic rings. The van der Waals surface area contributed by atoms with Gasteiger partial charge in [-0.05, 0) is 32.0 Å². The number of carbonyl (C=O) groups excluding carboxylic acids is 2. The largest absolute Gasteiger partial charge is 0.436 e. The summed E-state index contributed by atoms with van der Waals surface area (Å²) in [5.41, 5.74) is 0.634. The number of anilines is 1. The molecule has 0 saturated carbocycles. The van der Waals surface area contributed by atoms with Crippen LogP contribution in [0.15, 0.2) is 41.6 Å². The van der Waals surface area contributed by atoms with E-state index in [2.05, 4.69) is 15.4 Å². The van der Waals surface area contributed by atoms with Crippen molar-refractivity contribution < 1.29 is 23.1 Å². The van der Waals surface area contributed by atoms with Crippen molar-refractivity contribution in [3.05, 3.63) is 48.2 Å². The highest BCUT2D eigenvalue weighted by atomic mass is 19.1. The van der Waals surface area contributed by atoms with Crippen LogP contribution in [0.2, 0.25) is 0 Å². The molecule has 0 bridgehead atoms. The number of rotatable bonds is 5. The smallest absolute Gasteiger partial charge is 0.271 e. The average Bonchev–Trinajstić information content (AvgIpc) is 2.65. The highest BCUT2D eigenvalue weighted by molar-refractivity contribution is 6.43. The Labute approximate surface area is 160 Å².